The quantitative estimate of drug-likeness (QED) is 0.200. The molecule has 8 nitrogen and oxygen atoms in total. The van der Waals surface area contributed by atoms with Gasteiger partial charge in [-0.1, -0.05) is 84.9 Å². The molecule has 0 aliphatic heterocycles. The Labute approximate surface area is 251 Å². The van der Waals surface area contributed by atoms with E-state index in [1.54, 1.807) is 55.0 Å². The monoisotopic (exact) mass is 592 g/mol. The molecule has 43 heavy (non-hydrogen) atoms. The number of allylic oxidation sites excluding steroid dienone is 1. The van der Waals surface area contributed by atoms with Crippen molar-refractivity contribution in [1.29, 1.82) is 0 Å². The summed E-state index contributed by atoms with van der Waals surface area (Å²) in [6.07, 6.45) is 8.95. The van der Waals surface area contributed by atoms with Gasteiger partial charge in [-0.3, -0.25) is 9.59 Å². The Balaban J connectivity index is 1.37. The number of carbonyl (C=O) groups is 2. The number of benzene rings is 4. The molecule has 0 bridgehead atoms. The standard InChI is InChI=1S/C34H32N4O4S/c1-2-38(30-12-4-3-5-13-30)34(40)32(14-8-9-26-15-17-27(18-16-26)24-37-22-21-35-25-37)33(39)36-43(41,42)31-20-19-28-10-6-7-11-29(28)23-31/h3-13,15-23,25,32H,2,14,24H2,1H3,(H,36,39). The van der Waals surface area contributed by atoms with Crippen molar-refractivity contribution in [2.24, 2.45) is 5.92 Å². The molecule has 1 N–H and O–H groups in total. The number of nitrogens with zero attached hydrogens (tertiary/aromatic N) is 3. The van der Waals surface area contributed by atoms with Crippen LogP contribution < -0.4 is 9.62 Å². The molecule has 0 aliphatic rings. The number of para-hydroxylation sites is 1. The summed E-state index contributed by atoms with van der Waals surface area (Å²) in [6.45, 7) is 2.82. The van der Waals surface area contributed by atoms with Crippen LogP contribution in [0.1, 0.15) is 24.5 Å². The molecule has 0 aliphatic carbocycles. The number of aromatic nitrogens is 2. The zero-order valence-electron chi connectivity index (χ0n) is 23.7. The number of imidazole rings is 1. The molecule has 0 fully saturated rings. The van der Waals surface area contributed by atoms with E-state index in [0.717, 1.165) is 21.9 Å². The first-order valence-electron chi connectivity index (χ1n) is 14.0. The molecule has 2 amide bonds. The van der Waals surface area contributed by atoms with Crippen LogP contribution in [0, 0.1) is 5.92 Å². The molecule has 0 saturated heterocycles. The minimum atomic E-state index is -4.23. The number of sulfonamides is 1. The van der Waals surface area contributed by atoms with E-state index < -0.39 is 27.8 Å². The molecule has 0 saturated carbocycles. The maximum Gasteiger partial charge on any atom is 0.264 e. The van der Waals surface area contributed by atoms with Gasteiger partial charge >= 0.3 is 0 Å². The van der Waals surface area contributed by atoms with Gasteiger partial charge in [0.1, 0.15) is 5.92 Å². The van der Waals surface area contributed by atoms with Crippen molar-refractivity contribution in [1.82, 2.24) is 14.3 Å². The average molecular weight is 593 g/mol. The third-order valence-corrected chi connectivity index (χ3v) is 8.46. The van der Waals surface area contributed by atoms with Crippen LogP contribution in [-0.4, -0.2) is 36.3 Å². The van der Waals surface area contributed by atoms with Crippen molar-refractivity contribution < 1.29 is 18.0 Å². The zero-order chi connectivity index (χ0) is 30.2. The molecule has 0 radical (unpaired) electrons. The maximum atomic E-state index is 13.8. The number of nitrogens with one attached hydrogen (secondary N) is 1. The van der Waals surface area contributed by atoms with E-state index >= 15 is 0 Å². The number of hydrogen-bond acceptors (Lipinski definition) is 5. The summed E-state index contributed by atoms with van der Waals surface area (Å²) in [6, 6.07) is 28.9. The molecule has 1 heterocycles. The van der Waals surface area contributed by atoms with Crippen molar-refractivity contribution in [2.75, 3.05) is 11.4 Å². The summed E-state index contributed by atoms with van der Waals surface area (Å²) in [5.74, 6) is -2.64. The Morgan fingerprint density at radius 3 is 2.35 bits per heavy atom. The lowest BCUT2D eigenvalue weighted by Crippen LogP contribution is -2.45. The molecular formula is C34H32N4O4S. The highest BCUT2D eigenvalue weighted by atomic mass is 32.2. The van der Waals surface area contributed by atoms with E-state index in [1.165, 1.54) is 17.0 Å². The smallest absolute Gasteiger partial charge is 0.264 e. The topological polar surface area (TPSA) is 101 Å². The second kappa shape index (κ2) is 13.3. The van der Waals surface area contributed by atoms with Crippen LogP contribution in [-0.2, 0) is 26.2 Å². The first-order chi connectivity index (χ1) is 20.8. The third-order valence-electron chi connectivity index (χ3n) is 7.12. The van der Waals surface area contributed by atoms with E-state index in [9.17, 15) is 18.0 Å². The fraction of sp³-hybridized carbons (Fsp3) is 0.147. The van der Waals surface area contributed by atoms with Crippen LogP contribution in [0.3, 0.4) is 0 Å². The lowest BCUT2D eigenvalue weighted by molar-refractivity contribution is -0.132. The molecule has 9 heteroatoms. The van der Waals surface area contributed by atoms with Gasteiger partial charge in [0.2, 0.25) is 11.8 Å². The van der Waals surface area contributed by atoms with Crippen LogP contribution >= 0.6 is 0 Å². The summed E-state index contributed by atoms with van der Waals surface area (Å²) in [5.41, 5.74) is 2.62. The summed E-state index contributed by atoms with van der Waals surface area (Å²) < 4.78 is 30.7. The molecule has 4 aromatic carbocycles. The Kier molecular flexibility index (Phi) is 9.12. The average Bonchev–Trinajstić information content (AvgIpc) is 3.53. The number of fused-ring (bicyclic) bond motifs is 1. The molecular weight excluding hydrogens is 560 g/mol. The molecule has 5 aromatic rings. The van der Waals surface area contributed by atoms with Crippen LogP contribution in [0.5, 0.6) is 0 Å². The van der Waals surface area contributed by atoms with Gasteiger partial charge < -0.3 is 9.47 Å². The fourth-order valence-electron chi connectivity index (χ4n) is 4.84. The Morgan fingerprint density at radius 2 is 1.65 bits per heavy atom. The number of anilines is 1. The van der Waals surface area contributed by atoms with Gasteiger partial charge in [0.25, 0.3) is 10.0 Å². The van der Waals surface area contributed by atoms with Gasteiger partial charge in [-0.15, -0.1) is 0 Å². The number of amides is 2. The second-order valence-electron chi connectivity index (χ2n) is 10.1. The van der Waals surface area contributed by atoms with E-state index in [0.29, 0.717) is 18.8 Å². The van der Waals surface area contributed by atoms with E-state index in [2.05, 4.69) is 9.71 Å². The van der Waals surface area contributed by atoms with Crippen molar-refractivity contribution >= 4 is 44.4 Å². The number of rotatable bonds is 11. The number of carbonyl (C=O) groups excluding carboxylic acids is 2. The molecule has 1 atom stereocenters. The lowest BCUT2D eigenvalue weighted by atomic mass is 10.0. The van der Waals surface area contributed by atoms with E-state index in [4.69, 9.17) is 0 Å². The van der Waals surface area contributed by atoms with Crippen LogP contribution in [0.25, 0.3) is 16.8 Å². The summed E-state index contributed by atoms with van der Waals surface area (Å²) in [7, 11) is -4.23. The maximum absolute atomic E-state index is 13.8. The van der Waals surface area contributed by atoms with Gasteiger partial charge in [-0.05, 0) is 59.5 Å². The molecule has 1 unspecified atom stereocenters. The highest BCUT2D eigenvalue weighted by molar-refractivity contribution is 7.90. The zero-order valence-corrected chi connectivity index (χ0v) is 24.5. The van der Waals surface area contributed by atoms with Gasteiger partial charge in [0.05, 0.1) is 11.2 Å². The Morgan fingerprint density at radius 1 is 0.930 bits per heavy atom. The van der Waals surface area contributed by atoms with Gasteiger partial charge in [0.15, 0.2) is 0 Å². The van der Waals surface area contributed by atoms with Crippen molar-refractivity contribution in [3.63, 3.8) is 0 Å². The van der Waals surface area contributed by atoms with Crippen LogP contribution in [0.15, 0.2) is 127 Å². The van der Waals surface area contributed by atoms with Gasteiger partial charge in [0, 0.05) is 31.2 Å². The predicted octanol–water partition coefficient (Wildman–Crippen LogP) is 5.66. The molecule has 0 spiro atoms. The van der Waals surface area contributed by atoms with E-state index in [1.807, 2.05) is 72.3 Å². The third kappa shape index (κ3) is 7.25. The van der Waals surface area contributed by atoms with Crippen molar-refractivity contribution in [3.8, 4) is 0 Å². The van der Waals surface area contributed by atoms with Crippen LogP contribution in [0.4, 0.5) is 5.69 Å². The number of hydrogen-bond donors (Lipinski definition) is 1. The second-order valence-corrected chi connectivity index (χ2v) is 11.7. The normalized spacial score (nSPS) is 12.3. The van der Waals surface area contributed by atoms with Gasteiger partial charge in [-0.25, -0.2) is 18.1 Å². The van der Waals surface area contributed by atoms with Crippen LogP contribution in [0.2, 0.25) is 0 Å². The molecule has 5 rings (SSSR count). The Bertz CT molecular complexity index is 1830. The minimum absolute atomic E-state index is 0.0119. The Hall–Kier alpha value is -5.02. The van der Waals surface area contributed by atoms with E-state index in [-0.39, 0.29) is 11.3 Å². The SMILES string of the molecule is CCN(C(=O)C(CC=Cc1ccc(Cn2ccnc2)cc1)C(=O)NS(=O)(=O)c1ccc2ccccc2c1)c1ccccc1. The first-order valence-corrected chi connectivity index (χ1v) is 15.5. The summed E-state index contributed by atoms with van der Waals surface area (Å²) in [4.78, 5) is 32.8. The highest BCUT2D eigenvalue weighted by Crippen LogP contribution is 2.22. The summed E-state index contributed by atoms with van der Waals surface area (Å²) >= 11 is 0. The summed E-state index contributed by atoms with van der Waals surface area (Å²) in [5, 5.41) is 1.60. The first kappa shape index (κ1) is 29.5. The highest BCUT2D eigenvalue weighted by Gasteiger charge is 2.33. The largest absolute Gasteiger partial charge is 0.333 e. The fourth-order valence-corrected chi connectivity index (χ4v) is 5.90. The predicted molar refractivity (Wildman–Crippen MR) is 169 cm³/mol. The lowest BCUT2D eigenvalue weighted by Gasteiger charge is -2.25. The van der Waals surface area contributed by atoms with Gasteiger partial charge in [-0.2, -0.15) is 0 Å². The molecule has 218 valence electrons. The van der Waals surface area contributed by atoms with Crippen molar-refractivity contribution in [3.05, 3.63) is 133 Å². The van der Waals surface area contributed by atoms with Crippen molar-refractivity contribution in [2.45, 2.75) is 24.8 Å². The molecule has 1 aromatic heterocycles. The minimum Gasteiger partial charge on any atom is -0.333 e.